The van der Waals surface area contributed by atoms with E-state index in [9.17, 15) is 24.3 Å². The van der Waals surface area contributed by atoms with Crippen LogP contribution in [0.15, 0.2) is 59.4 Å². The summed E-state index contributed by atoms with van der Waals surface area (Å²) in [5.41, 5.74) is 1.13. The number of ketones is 2. The van der Waals surface area contributed by atoms with E-state index in [2.05, 4.69) is 5.10 Å². The van der Waals surface area contributed by atoms with Gasteiger partial charge >= 0.3 is 5.97 Å². The molecule has 0 atom stereocenters. The number of aromatic carboxylic acids is 1. The Morgan fingerprint density at radius 2 is 1.74 bits per heavy atom. The van der Waals surface area contributed by atoms with Gasteiger partial charge in [-0.15, -0.1) is 0 Å². The second kappa shape index (κ2) is 9.68. The van der Waals surface area contributed by atoms with Crippen LogP contribution in [0.3, 0.4) is 0 Å². The van der Waals surface area contributed by atoms with Crippen LogP contribution in [0.1, 0.15) is 46.9 Å². The van der Waals surface area contributed by atoms with E-state index in [1.807, 2.05) is 30.3 Å². The third-order valence-corrected chi connectivity index (χ3v) is 5.86. The third-order valence-electron chi connectivity index (χ3n) is 5.62. The van der Waals surface area contributed by atoms with Crippen LogP contribution in [0.4, 0.5) is 0 Å². The van der Waals surface area contributed by atoms with Crippen molar-refractivity contribution in [3.63, 3.8) is 0 Å². The van der Waals surface area contributed by atoms with Crippen molar-refractivity contribution in [3.05, 3.63) is 87.1 Å². The molecule has 178 valence electrons. The molecule has 8 nitrogen and oxygen atoms in total. The first kappa shape index (κ1) is 24.1. The van der Waals surface area contributed by atoms with Crippen LogP contribution in [0.25, 0.3) is 21.9 Å². The minimum atomic E-state index is -1.25. The van der Waals surface area contributed by atoms with Crippen LogP contribution in [0.5, 0.6) is 0 Å². The zero-order valence-corrected chi connectivity index (χ0v) is 19.9. The molecule has 0 bridgehead atoms. The predicted molar refractivity (Wildman–Crippen MR) is 132 cm³/mol. The minimum Gasteiger partial charge on any atom is -0.477 e. The molecule has 0 aliphatic carbocycles. The van der Waals surface area contributed by atoms with Gasteiger partial charge in [-0.2, -0.15) is 5.10 Å². The van der Waals surface area contributed by atoms with Gasteiger partial charge in [-0.05, 0) is 42.1 Å². The van der Waals surface area contributed by atoms with E-state index in [-0.39, 0.29) is 48.2 Å². The molecule has 0 amide bonds. The van der Waals surface area contributed by atoms with Gasteiger partial charge < -0.3 is 5.11 Å². The number of hydrogen-bond acceptors (Lipinski definition) is 5. The maximum Gasteiger partial charge on any atom is 0.354 e. The summed E-state index contributed by atoms with van der Waals surface area (Å²) in [5.74, 6) is -1.78. The van der Waals surface area contributed by atoms with E-state index in [1.165, 1.54) is 17.6 Å². The molecule has 2 aromatic carbocycles. The second-order valence-corrected chi connectivity index (χ2v) is 8.57. The highest BCUT2D eigenvalue weighted by atomic mass is 35.5. The van der Waals surface area contributed by atoms with Crippen molar-refractivity contribution < 1.29 is 19.5 Å². The van der Waals surface area contributed by atoms with Crippen molar-refractivity contribution in [1.29, 1.82) is 0 Å². The molecule has 4 rings (SSSR count). The van der Waals surface area contributed by atoms with Crippen molar-refractivity contribution >= 4 is 39.9 Å². The van der Waals surface area contributed by atoms with Crippen molar-refractivity contribution in [2.45, 2.75) is 33.4 Å². The fraction of sp³-hybridized carbons (Fsp3) is 0.192. The van der Waals surface area contributed by atoms with Gasteiger partial charge in [-0.3, -0.25) is 23.6 Å². The molecule has 0 saturated heterocycles. The quantitative estimate of drug-likeness (QED) is 0.364. The first-order valence-electron chi connectivity index (χ1n) is 10.9. The van der Waals surface area contributed by atoms with E-state index >= 15 is 0 Å². The zero-order valence-electron chi connectivity index (χ0n) is 19.1. The molecular formula is C26H22ClN3O5. The van der Waals surface area contributed by atoms with Crippen LogP contribution in [-0.4, -0.2) is 37.0 Å². The van der Waals surface area contributed by atoms with Gasteiger partial charge in [0.25, 0.3) is 5.56 Å². The van der Waals surface area contributed by atoms with E-state index in [0.29, 0.717) is 21.4 Å². The molecule has 0 aliphatic heterocycles. The third kappa shape index (κ3) is 4.65. The lowest BCUT2D eigenvalue weighted by Gasteiger charge is -2.19. The van der Waals surface area contributed by atoms with Crippen molar-refractivity contribution in [2.75, 3.05) is 0 Å². The Morgan fingerprint density at radius 1 is 1.03 bits per heavy atom. The number of Topliss-reactive ketones (excluding diaryl/α,β-unsaturated/α-hetero) is 2. The molecule has 0 saturated carbocycles. The lowest BCUT2D eigenvalue weighted by Crippen LogP contribution is -2.28. The molecule has 2 aromatic heterocycles. The van der Waals surface area contributed by atoms with Gasteiger partial charge in [-0.25, -0.2) is 4.79 Å². The highest BCUT2D eigenvalue weighted by Gasteiger charge is 2.24. The Kier molecular flexibility index (Phi) is 6.66. The van der Waals surface area contributed by atoms with Gasteiger partial charge in [0, 0.05) is 22.4 Å². The lowest BCUT2D eigenvalue weighted by molar-refractivity contribution is -0.117. The molecular weight excluding hydrogens is 470 g/mol. The largest absolute Gasteiger partial charge is 0.477 e. The number of halogens is 1. The maximum atomic E-state index is 13.6. The van der Waals surface area contributed by atoms with Gasteiger partial charge in [0.05, 0.1) is 17.9 Å². The Morgan fingerprint density at radius 3 is 2.37 bits per heavy atom. The number of pyridine rings is 1. The number of carbonyl (C=O) groups excluding carboxylic acids is 2. The van der Waals surface area contributed by atoms with E-state index < -0.39 is 11.5 Å². The van der Waals surface area contributed by atoms with Crippen LogP contribution in [-0.2, 0) is 17.9 Å². The Balaban J connectivity index is 2.04. The fourth-order valence-electron chi connectivity index (χ4n) is 4.14. The van der Waals surface area contributed by atoms with Crippen LogP contribution >= 0.6 is 11.6 Å². The summed E-state index contributed by atoms with van der Waals surface area (Å²) in [4.78, 5) is 50.2. The molecule has 0 fully saturated rings. The van der Waals surface area contributed by atoms with Gasteiger partial charge in [0.2, 0.25) is 0 Å². The summed E-state index contributed by atoms with van der Waals surface area (Å²) in [5, 5.41) is 15.1. The van der Waals surface area contributed by atoms with Crippen LogP contribution in [0.2, 0.25) is 5.02 Å². The Bertz CT molecular complexity index is 1540. The van der Waals surface area contributed by atoms with Crippen molar-refractivity contribution in [3.8, 4) is 11.1 Å². The summed E-state index contributed by atoms with van der Waals surface area (Å²) >= 11 is 6.27. The molecule has 35 heavy (non-hydrogen) atoms. The van der Waals surface area contributed by atoms with Crippen molar-refractivity contribution in [1.82, 2.24) is 14.3 Å². The molecule has 0 aliphatic rings. The molecule has 0 spiro atoms. The topological polar surface area (TPSA) is 111 Å². The molecule has 0 radical (unpaired) electrons. The number of rotatable bonds is 8. The van der Waals surface area contributed by atoms with Crippen LogP contribution < -0.4 is 5.56 Å². The first-order valence-corrected chi connectivity index (χ1v) is 11.3. The summed E-state index contributed by atoms with van der Waals surface area (Å²) in [6, 6.07) is 15.4. The second-order valence-electron chi connectivity index (χ2n) is 8.13. The summed E-state index contributed by atoms with van der Waals surface area (Å²) in [6.07, 6.45) is 0.143. The van der Waals surface area contributed by atoms with Gasteiger partial charge in [-0.1, -0.05) is 48.9 Å². The van der Waals surface area contributed by atoms with Crippen LogP contribution in [0, 0.1) is 0 Å². The molecule has 4 aromatic rings. The molecule has 0 unspecified atom stereocenters. The minimum absolute atomic E-state index is 0.143. The summed E-state index contributed by atoms with van der Waals surface area (Å²) < 4.78 is 2.42. The van der Waals surface area contributed by atoms with Gasteiger partial charge in [0.1, 0.15) is 12.2 Å². The van der Waals surface area contributed by atoms with E-state index in [1.54, 1.807) is 25.1 Å². The highest BCUT2D eigenvalue weighted by molar-refractivity contribution is 6.31. The number of fused-ring (bicyclic) bond motifs is 1. The highest BCUT2D eigenvalue weighted by Crippen LogP contribution is 2.33. The number of hydrogen-bond donors (Lipinski definition) is 1. The molecule has 1 N–H and O–H groups in total. The number of aromatic nitrogens is 3. The standard InChI is InChI=1S/C26H22ClN3O5/c1-3-22(32)24-23(16-7-5-4-6-8-16)20-11-17(27)9-10-19(20)25(33)29(24)14-18-12-21(26(34)35)30(28-18)13-15(2)31/h4-12H,3,13-14H2,1-2H3,(H,34,35). The Hall–Kier alpha value is -4.04. The smallest absolute Gasteiger partial charge is 0.354 e. The lowest BCUT2D eigenvalue weighted by atomic mass is 9.94. The molecule has 2 heterocycles. The summed E-state index contributed by atoms with van der Waals surface area (Å²) in [7, 11) is 0. The zero-order chi connectivity index (χ0) is 25.3. The maximum absolute atomic E-state index is 13.6. The number of carboxylic acid groups (broad SMARTS) is 1. The average molecular weight is 492 g/mol. The monoisotopic (exact) mass is 491 g/mol. The molecule has 9 heteroatoms. The van der Waals surface area contributed by atoms with E-state index in [4.69, 9.17) is 11.6 Å². The fourth-order valence-corrected chi connectivity index (χ4v) is 4.31. The Labute approximate surface area is 205 Å². The number of benzene rings is 2. The number of carbonyl (C=O) groups is 3. The summed E-state index contributed by atoms with van der Waals surface area (Å²) in [6.45, 7) is 2.67. The number of carboxylic acids is 1. The number of nitrogens with zero attached hydrogens (tertiary/aromatic N) is 3. The van der Waals surface area contributed by atoms with Gasteiger partial charge in [0.15, 0.2) is 11.6 Å². The van der Waals surface area contributed by atoms with Crippen molar-refractivity contribution in [2.24, 2.45) is 0 Å². The normalized spacial score (nSPS) is 11.1. The average Bonchev–Trinajstić information content (AvgIpc) is 3.22. The van der Waals surface area contributed by atoms with E-state index in [0.717, 1.165) is 10.2 Å². The first-order chi connectivity index (χ1) is 16.7. The SMILES string of the molecule is CCC(=O)c1c(-c2ccccc2)c2cc(Cl)ccc2c(=O)n1Cc1cc(C(=O)O)n(CC(C)=O)n1. The predicted octanol–water partition coefficient (Wildman–Crippen LogP) is 4.45.